The van der Waals surface area contributed by atoms with Crippen molar-refractivity contribution in [3.05, 3.63) is 63.4 Å². The molecule has 0 saturated carbocycles. The van der Waals surface area contributed by atoms with E-state index in [9.17, 15) is 14.7 Å². The quantitative estimate of drug-likeness (QED) is 0.471. The molecule has 2 aromatic heterocycles. The van der Waals surface area contributed by atoms with Gasteiger partial charge in [0.1, 0.15) is 17.3 Å². The van der Waals surface area contributed by atoms with Crippen molar-refractivity contribution < 1.29 is 19.4 Å². The highest BCUT2D eigenvalue weighted by molar-refractivity contribution is 7.14. The molecular formula is C25H27N3O4S2. The normalized spacial score (nSPS) is 18.0. The van der Waals surface area contributed by atoms with Gasteiger partial charge in [-0.3, -0.25) is 4.79 Å². The number of carbonyl (C=O) groups is 2. The van der Waals surface area contributed by atoms with Crippen LogP contribution in [-0.4, -0.2) is 50.7 Å². The van der Waals surface area contributed by atoms with Crippen molar-refractivity contribution in [3.8, 4) is 10.7 Å². The van der Waals surface area contributed by atoms with Crippen LogP contribution in [0.4, 0.5) is 4.79 Å². The van der Waals surface area contributed by atoms with Crippen LogP contribution in [0.3, 0.4) is 0 Å². The van der Waals surface area contributed by atoms with Crippen LogP contribution in [0.15, 0.2) is 47.2 Å². The number of ether oxygens (including phenoxy) is 1. The smallest absolute Gasteiger partial charge is 0.416 e. The third-order valence-corrected chi connectivity index (χ3v) is 7.66. The zero-order valence-electron chi connectivity index (χ0n) is 19.2. The summed E-state index contributed by atoms with van der Waals surface area (Å²) < 4.78 is 5.14. The number of hydrogen-bond donors (Lipinski definition) is 1. The standard InChI is InChI=1S/C25H27N3O4S2/c1-15(2)22-27-20(14-34-22)23-26-18(13-33-23)9-10-21(29)16(3)24(30)28-19(12-32-25(28)31)11-17-7-5-4-6-8-17/h4-10,13-16,19,21,29H,11-12H2,1-3H3/b10-9+/t16-,19-,21+/m1/s1. The first-order valence-electron chi connectivity index (χ1n) is 11.1. The average molecular weight is 498 g/mol. The minimum Gasteiger partial charge on any atom is -0.447 e. The summed E-state index contributed by atoms with van der Waals surface area (Å²) in [5, 5.41) is 16.4. The molecule has 0 unspecified atom stereocenters. The van der Waals surface area contributed by atoms with Crippen molar-refractivity contribution in [1.82, 2.24) is 14.9 Å². The maximum atomic E-state index is 13.1. The molecule has 7 nitrogen and oxygen atoms in total. The summed E-state index contributed by atoms with van der Waals surface area (Å²) >= 11 is 3.10. The van der Waals surface area contributed by atoms with Gasteiger partial charge in [-0.15, -0.1) is 22.7 Å². The summed E-state index contributed by atoms with van der Waals surface area (Å²) in [6.45, 7) is 5.97. The van der Waals surface area contributed by atoms with E-state index in [2.05, 4.69) is 23.8 Å². The zero-order valence-corrected chi connectivity index (χ0v) is 20.9. The Balaban J connectivity index is 1.40. The Bertz CT molecular complexity index is 1170. The molecule has 34 heavy (non-hydrogen) atoms. The summed E-state index contributed by atoms with van der Waals surface area (Å²) in [5.41, 5.74) is 2.54. The summed E-state index contributed by atoms with van der Waals surface area (Å²) in [5.74, 6) is -0.902. The molecule has 3 aromatic rings. The van der Waals surface area contributed by atoms with Crippen LogP contribution in [0.2, 0.25) is 0 Å². The second-order valence-electron chi connectivity index (χ2n) is 8.57. The largest absolute Gasteiger partial charge is 0.447 e. The predicted octanol–water partition coefficient (Wildman–Crippen LogP) is 4.99. The number of cyclic esters (lactones) is 1. The molecule has 1 saturated heterocycles. The first kappa shape index (κ1) is 24.3. The Hall–Kier alpha value is -2.88. The van der Waals surface area contributed by atoms with Gasteiger partial charge in [-0.25, -0.2) is 19.7 Å². The van der Waals surface area contributed by atoms with Gasteiger partial charge in [-0.1, -0.05) is 57.2 Å². The lowest BCUT2D eigenvalue weighted by Gasteiger charge is -2.24. The molecule has 0 aliphatic carbocycles. The highest BCUT2D eigenvalue weighted by Gasteiger charge is 2.40. The van der Waals surface area contributed by atoms with E-state index in [0.717, 1.165) is 26.2 Å². The fraction of sp³-hybridized carbons (Fsp3) is 0.360. The van der Waals surface area contributed by atoms with Crippen molar-refractivity contribution in [2.45, 2.75) is 45.3 Å². The van der Waals surface area contributed by atoms with Crippen molar-refractivity contribution in [1.29, 1.82) is 0 Å². The van der Waals surface area contributed by atoms with Crippen molar-refractivity contribution >= 4 is 40.8 Å². The third kappa shape index (κ3) is 5.43. The highest BCUT2D eigenvalue weighted by atomic mass is 32.1. The number of thiazole rings is 2. The molecule has 1 aromatic carbocycles. The molecule has 0 spiro atoms. The van der Waals surface area contributed by atoms with E-state index in [0.29, 0.717) is 18.0 Å². The van der Waals surface area contributed by atoms with Crippen molar-refractivity contribution in [3.63, 3.8) is 0 Å². The van der Waals surface area contributed by atoms with Gasteiger partial charge in [0.2, 0.25) is 5.91 Å². The van der Waals surface area contributed by atoms with E-state index in [1.807, 2.05) is 41.1 Å². The van der Waals surface area contributed by atoms with Crippen LogP contribution >= 0.6 is 22.7 Å². The van der Waals surface area contributed by atoms with Gasteiger partial charge >= 0.3 is 6.09 Å². The van der Waals surface area contributed by atoms with Gasteiger partial charge in [0, 0.05) is 16.7 Å². The second kappa shape index (κ2) is 10.6. The van der Waals surface area contributed by atoms with E-state index in [-0.39, 0.29) is 6.61 Å². The van der Waals surface area contributed by atoms with E-state index in [1.165, 1.54) is 17.4 Å². The highest BCUT2D eigenvalue weighted by Crippen LogP contribution is 2.29. The maximum Gasteiger partial charge on any atom is 0.416 e. The second-order valence-corrected chi connectivity index (χ2v) is 10.3. The molecule has 0 bridgehead atoms. The molecule has 9 heteroatoms. The number of aliphatic hydroxyl groups excluding tert-OH is 1. The lowest BCUT2D eigenvalue weighted by atomic mass is 10.00. The maximum absolute atomic E-state index is 13.1. The number of benzene rings is 1. The Morgan fingerprint density at radius 3 is 2.68 bits per heavy atom. The first-order valence-corrected chi connectivity index (χ1v) is 12.9. The number of rotatable bonds is 8. The number of imide groups is 1. The number of amides is 2. The number of carbonyl (C=O) groups excluding carboxylic acids is 2. The molecule has 4 rings (SSSR count). The molecule has 0 radical (unpaired) electrons. The average Bonchev–Trinajstić information content (AvgIpc) is 3.57. The van der Waals surface area contributed by atoms with Crippen LogP contribution in [0.25, 0.3) is 16.8 Å². The number of aromatic nitrogens is 2. The van der Waals surface area contributed by atoms with Gasteiger partial charge in [0.15, 0.2) is 0 Å². The number of aliphatic hydroxyl groups is 1. The Kier molecular flexibility index (Phi) is 7.55. The van der Waals surface area contributed by atoms with Crippen molar-refractivity contribution in [2.75, 3.05) is 6.61 Å². The molecule has 178 valence electrons. The topological polar surface area (TPSA) is 92.6 Å². The molecular weight excluding hydrogens is 470 g/mol. The molecule has 2 amide bonds. The molecule has 1 aliphatic heterocycles. The summed E-state index contributed by atoms with van der Waals surface area (Å²) in [6.07, 6.45) is 1.99. The van der Waals surface area contributed by atoms with E-state index >= 15 is 0 Å². The SMILES string of the molecule is CC(C)c1nc(-c2nc(/C=C/[C@H](O)[C@@H](C)C(=O)N3C(=O)OC[C@H]3Cc3ccccc3)cs2)cs1. The fourth-order valence-electron chi connectivity index (χ4n) is 3.63. The van der Waals surface area contributed by atoms with Crippen LogP contribution in [-0.2, 0) is 16.0 Å². The monoisotopic (exact) mass is 497 g/mol. The Labute approximate surface area is 206 Å². The molecule has 1 fully saturated rings. The molecule has 1 N–H and O–H groups in total. The van der Waals surface area contributed by atoms with Gasteiger partial charge in [-0.2, -0.15) is 0 Å². The van der Waals surface area contributed by atoms with Gasteiger partial charge < -0.3 is 9.84 Å². The third-order valence-electron chi connectivity index (χ3n) is 5.64. The predicted molar refractivity (Wildman–Crippen MR) is 134 cm³/mol. The summed E-state index contributed by atoms with van der Waals surface area (Å²) in [4.78, 5) is 35.7. The number of nitrogens with zero attached hydrogens (tertiary/aromatic N) is 3. The Morgan fingerprint density at radius 1 is 1.21 bits per heavy atom. The van der Waals surface area contributed by atoms with Crippen molar-refractivity contribution in [2.24, 2.45) is 5.92 Å². The molecule has 3 atom stereocenters. The first-order chi connectivity index (χ1) is 16.3. The van der Waals surface area contributed by atoms with E-state index in [1.54, 1.807) is 24.3 Å². The van der Waals surface area contributed by atoms with E-state index in [4.69, 9.17) is 4.74 Å². The van der Waals surface area contributed by atoms with Gasteiger partial charge in [-0.05, 0) is 18.1 Å². The zero-order chi connectivity index (χ0) is 24.2. The lowest BCUT2D eigenvalue weighted by molar-refractivity contribution is -0.135. The van der Waals surface area contributed by atoms with E-state index < -0.39 is 30.1 Å². The fourth-order valence-corrected chi connectivity index (χ4v) is 5.27. The number of hydrogen-bond acceptors (Lipinski definition) is 8. The minimum atomic E-state index is -1.07. The van der Waals surface area contributed by atoms with Crippen LogP contribution in [0.5, 0.6) is 0 Å². The summed E-state index contributed by atoms with van der Waals surface area (Å²) in [7, 11) is 0. The summed E-state index contributed by atoms with van der Waals surface area (Å²) in [6, 6.07) is 9.25. The van der Waals surface area contributed by atoms with Crippen LogP contribution in [0.1, 0.15) is 43.0 Å². The minimum absolute atomic E-state index is 0.148. The van der Waals surface area contributed by atoms with Crippen LogP contribution < -0.4 is 0 Å². The molecule has 3 heterocycles. The van der Waals surface area contributed by atoms with Crippen LogP contribution in [0, 0.1) is 5.92 Å². The Morgan fingerprint density at radius 2 is 1.97 bits per heavy atom. The molecule has 1 aliphatic rings. The van der Waals surface area contributed by atoms with Gasteiger partial charge in [0.05, 0.1) is 28.8 Å². The lowest BCUT2D eigenvalue weighted by Crippen LogP contribution is -2.45. The van der Waals surface area contributed by atoms with Gasteiger partial charge in [0.25, 0.3) is 0 Å².